The van der Waals surface area contributed by atoms with E-state index in [1.807, 2.05) is 12.1 Å². The number of nitrogens with one attached hydrogen (secondary N) is 1. The van der Waals surface area contributed by atoms with E-state index in [0.717, 1.165) is 25.6 Å². The van der Waals surface area contributed by atoms with Crippen molar-refractivity contribution >= 4 is 5.82 Å². The Bertz CT molecular complexity index is 721. The van der Waals surface area contributed by atoms with Gasteiger partial charge in [-0.1, -0.05) is 30.3 Å². The van der Waals surface area contributed by atoms with E-state index in [4.69, 9.17) is 0 Å². The topological polar surface area (TPSA) is 48.4 Å². The van der Waals surface area contributed by atoms with Crippen LogP contribution in [0.1, 0.15) is 16.8 Å². The third kappa shape index (κ3) is 4.70. The molecule has 2 aromatic rings. The Kier molecular flexibility index (Phi) is 5.24. The second-order valence-electron chi connectivity index (χ2n) is 6.19. The lowest BCUT2D eigenvalue weighted by Crippen LogP contribution is -2.39. The summed E-state index contributed by atoms with van der Waals surface area (Å²) in [5.41, 5.74) is 1.65. The summed E-state index contributed by atoms with van der Waals surface area (Å²) in [5, 5.41) is 13.0. The molecule has 0 bridgehead atoms. The van der Waals surface area contributed by atoms with Crippen LogP contribution in [0.2, 0.25) is 0 Å². The van der Waals surface area contributed by atoms with Gasteiger partial charge in [-0.2, -0.15) is 13.2 Å². The molecule has 0 spiro atoms. The van der Waals surface area contributed by atoms with Crippen LogP contribution in [0.15, 0.2) is 42.5 Å². The summed E-state index contributed by atoms with van der Waals surface area (Å²) in [7, 11) is 0. The van der Waals surface area contributed by atoms with E-state index in [-0.39, 0.29) is 12.4 Å². The van der Waals surface area contributed by atoms with Gasteiger partial charge in [-0.15, -0.1) is 0 Å². The molecule has 1 unspecified atom stereocenters. The molecule has 2 N–H and O–H groups in total. The summed E-state index contributed by atoms with van der Waals surface area (Å²) < 4.78 is 38.0. The van der Waals surface area contributed by atoms with E-state index in [1.165, 1.54) is 23.3 Å². The van der Waals surface area contributed by atoms with Crippen molar-refractivity contribution in [2.24, 2.45) is 0 Å². The van der Waals surface area contributed by atoms with Crippen molar-refractivity contribution in [3.8, 4) is 0 Å². The molecular formula is C18H20F3N3O. The van der Waals surface area contributed by atoms with Crippen LogP contribution in [-0.2, 0) is 19.1 Å². The quantitative estimate of drug-likeness (QED) is 0.870. The standard InChI is InChI=1S/C18H20F3N3O/c19-18(20,21)16-6-3-7-17(23-16)22-10-15(25)12-24-9-8-13-4-1-2-5-14(13)11-24/h1-7,15,25H,8-12H2,(H,22,23). The summed E-state index contributed by atoms with van der Waals surface area (Å²) in [6, 6.07) is 11.9. The fraction of sp³-hybridized carbons (Fsp3) is 0.389. The molecule has 0 aliphatic carbocycles. The normalized spacial score (nSPS) is 16.3. The molecular weight excluding hydrogens is 331 g/mol. The van der Waals surface area contributed by atoms with Gasteiger partial charge in [0.2, 0.25) is 0 Å². The molecule has 1 atom stereocenters. The maximum absolute atomic E-state index is 12.7. The predicted molar refractivity (Wildman–Crippen MR) is 89.2 cm³/mol. The van der Waals surface area contributed by atoms with Crippen molar-refractivity contribution in [1.29, 1.82) is 0 Å². The number of benzene rings is 1. The fourth-order valence-electron chi connectivity index (χ4n) is 2.99. The van der Waals surface area contributed by atoms with Gasteiger partial charge in [0.05, 0.1) is 6.10 Å². The molecule has 3 rings (SSSR count). The van der Waals surface area contributed by atoms with E-state index in [0.29, 0.717) is 6.54 Å². The molecule has 0 radical (unpaired) electrons. The number of pyridine rings is 1. The van der Waals surface area contributed by atoms with Crippen molar-refractivity contribution in [2.45, 2.75) is 25.2 Å². The number of alkyl halides is 3. The van der Waals surface area contributed by atoms with Crippen LogP contribution in [0.25, 0.3) is 0 Å². The summed E-state index contributed by atoms with van der Waals surface area (Å²) in [6.07, 6.45) is -4.23. The molecule has 4 nitrogen and oxygen atoms in total. The highest BCUT2D eigenvalue weighted by atomic mass is 19.4. The molecule has 134 valence electrons. The highest BCUT2D eigenvalue weighted by Gasteiger charge is 2.32. The van der Waals surface area contributed by atoms with Crippen LogP contribution in [0.3, 0.4) is 0 Å². The summed E-state index contributed by atoms with van der Waals surface area (Å²) in [6.45, 7) is 2.23. The van der Waals surface area contributed by atoms with Crippen LogP contribution < -0.4 is 5.32 Å². The highest BCUT2D eigenvalue weighted by molar-refractivity contribution is 5.36. The first-order valence-corrected chi connectivity index (χ1v) is 8.17. The average molecular weight is 351 g/mol. The molecule has 1 aliphatic heterocycles. The summed E-state index contributed by atoms with van der Waals surface area (Å²) in [4.78, 5) is 5.68. The summed E-state index contributed by atoms with van der Waals surface area (Å²) >= 11 is 0. The van der Waals surface area contributed by atoms with Gasteiger partial charge in [-0.3, -0.25) is 4.90 Å². The Hall–Kier alpha value is -2.12. The number of hydrogen-bond acceptors (Lipinski definition) is 4. The van der Waals surface area contributed by atoms with Gasteiger partial charge in [0, 0.05) is 26.2 Å². The number of aliphatic hydroxyl groups excluding tert-OH is 1. The van der Waals surface area contributed by atoms with E-state index < -0.39 is 18.0 Å². The predicted octanol–water partition coefficient (Wildman–Crippen LogP) is 2.93. The number of nitrogens with zero attached hydrogens (tertiary/aromatic N) is 2. The Labute approximate surface area is 144 Å². The third-order valence-electron chi connectivity index (χ3n) is 4.24. The van der Waals surface area contributed by atoms with Crippen molar-refractivity contribution < 1.29 is 18.3 Å². The van der Waals surface area contributed by atoms with Gasteiger partial charge in [0.1, 0.15) is 11.5 Å². The van der Waals surface area contributed by atoms with Gasteiger partial charge in [0.15, 0.2) is 0 Å². The lowest BCUT2D eigenvalue weighted by molar-refractivity contribution is -0.141. The zero-order valence-electron chi connectivity index (χ0n) is 13.6. The molecule has 25 heavy (non-hydrogen) atoms. The van der Waals surface area contributed by atoms with Crippen LogP contribution in [0.4, 0.5) is 19.0 Å². The molecule has 0 amide bonds. The largest absolute Gasteiger partial charge is 0.433 e. The Morgan fingerprint density at radius 3 is 2.64 bits per heavy atom. The van der Waals surface area contributed by atoms with Crippen LogP contribution in [0, 0.1) is 0 Å². The average Bonchev–Trinajstić information content (AvgIpc) is 2.59. The molecule has 1 aromatic heterocycles. The van der Waals surface area contributed by atoms with Crippen molar-refractivity contribution in [3.05, 3.63) is 59.3 Å². The minimum atomic E-state index is -4.47. The van der Waals surface area contributed by atoms with Gasteiger partial charge in [-0.25, -0.2) is 4.98 Å². The van der Waals surface area contributed by atoms with Crippen molar-refractivity contribution in [1.82, 2.24) is 9.88 Å². The smallest absolute Gasteiger partial charge is 0.390 e. The second-order valence-corrected chi connectivity index (χ2v) is 6.19. The number of hydrogen-bond donors (Lipinski definition) is 2. The highest BCUT2D eigenvalue weighted by Crippen LogP contribution is 2.28. The maximum atomic E-state index is 12.7. The summed E-state index contributed by atoms with van der Waals surface area (Å²) in [5.74, 6) is 0.109. The number of fused-ring (bicyclic) bond motifs is 1. The van der Waals surface area contributed by atoms with Crippen molar-refractivity contribution in [3.63, 3.8) is 0 Å². The number of aliphatic hydroxyl groups is 1. The van der Waals surface area contributed by atoms with E-state index in [9.17, 15) is 18.3 Å². The molecule has 1 aromatic carbocycles. The Morgan fingerprint density at radius 2 is 1.88 bits per heavy atom. The van der Waals surface area contributed by atoms with Crippen molar-refractivity contribution in [2.75, 3.05) is 25.0 Å². The van der Waals surface area contributed by atoms with E-state index >= 15 is 0 Å². The van der Waals surface area contributed by atoms with Gasteiger partial charge in [0.25, 0.3) is 0 Å². The Balaban J connectivity index is 1.51. The monoisotopic (exact) mass is 351 g/mol. The zero-order chi connectivity index (χ0) is 17.9. The van der Waals surface area contributed by atoms with Crippen LogP contribution in [-0.4, -0.2) is 40.7 Å². The van der Waals surface area contributed by atoms with E-state index in [1.54, 1.807) is 0 Å². The fourth-order valence-corrected chi connectivity index (χ4v) is 2.99. The number of β-amino-alcohol motifs (C(OH)–C–C–N with tert-alkyl or cyclic N) is 1. The first-order valence-electron chi connectivity index (χ1n) is 8.17. The van der Waals surface area contributed by atoms with Crippen LogP contribution in [0.5, 0.6) is 0 Å². The second kappa shape index (κ2) is 7.41. The third-order valence-corrected chi connectivity index (χ3v) is 4.24. The van der Waals surface area contributed by atoms with Gasteiger partial charge < -0.3 is 10.4 Å². The number of aromatic nitrogens is 1. The molecule has 0 saturated heterocycles. The molecule has 7 heteroatoms. The lowest BCUT2D eigenvalue weighted by atomic mass is 10.00. The first-order chi connectivity index (χ1) is 11.9. The van der Waals surface area contributed by atoms with E-state index in [2.05, 4.69) is 27.3 Å². The SMILES string of the molecule is OC(CNc1cccc(C(F)(F)F)n1)CN1CCc2ccccc2C1. The van der Waals surface area contributed by atoms with Crippen LogP contribution >= 0.6 is 0 Å². The van der Waals surface area contributed by atoms with Gasteiger partial charge in [-0.05, 0) is 29.7 Å². The number of anilines is 1. The maximum Gasteiger partial charge on any atom is 0.433 e. The molecule has 2 heterocycles. The Morgan fingerprint density at radius 1 is 1.12 bits per heavy atom. The molecule has 1 aliphatic rings. The first kappa shape index (κ1) is 17.7. The minimum Gasteiger partial charge on any atom is -0.390 e. The van der Waals surface area contributed by atoms with Gasteiger partial charge >= 0.3 is 6.18 Å². The minimum absolute atomic E-state index is 0.109. The zero-order valence-corrected chi connectivity index (χ0v) is 13.6. The number of halogens is 3. The molecule has 0 fully saturated rings. The number of rotatable bonds is 5. The lowest BCUT2D eigenvalue weighted by Gasteiger charge is -2.30. The molecule has 0 saturated carbocycles.